The standard InChI is InChI=1S/C20H14ClN3O4/c21-13-7-5-12(6-8-13)17-9-14(23-28-17)10-22-18(25)11-24-19(26)15-3-1-2-4-16(15)20(24)27/h1-9H,10-11H2,(H,22,25). The second-order valence-corrected chi connectivity index (χ2v) is 6.64. The molecule has 0 saturated heterocycles. The maximum Gasteiger partial charge on any atom is 0.262 e. The Morgan fingerprint density at radius 1 is 1.04 bits per heavy atom. The van der Waals surface area contributed by atoms with Gasteiger partial charge in [-0.2, -0.15) is 0 Å². The van der Waals surface area contributed by atoms with E-state index < -0.39 is 17.7 Å². The van der Waals surface area contributed by atoms with E-state index in [9.17, 15) is 14.4 Å². The Kier molecular flexibility index (Phi) is 4.67. The lowest BCUT2D eigenvalue weighted by atomic mass is 10.1. The number of benzene rings is 2. The maximum atomic E-state index is 12.3. The topological polar surface area (TPSA) is 92.5 Å². The van der Waals surface area contributed by atoms with Crippen molar-refractivity contribution in [1.82, 2.24) is 15.4 Å². The van der Waals surface area contributed by atoms with Crippen LogP contribution in [-0.2, 0) is 11.3 Å². The van der Waals surface area contributed by atoms with E-state index in [0.717, 1.165) is 10.5 Å². The lowest BCUT2D eigenvalue weighted by Crippen LogP contribution is -2.40. The summed E-state index contributed by atoms with van der Waals surface area (Å²) in [5.41, 5.74) is 1.94. The van der Waals surface area contributed by atoms with Gasteiger partial charge in [-0.15, -0.1) is 0 Å². The Labute approximate surface area is 164 Å². The number of hydrogen-bond donors (Lipinski definition) is 1. The zero-order valence-corrected chi connectivity index (χ0v) is 15.3. The summed E-state index contributed by atoms with van der Waals surface area (Å²) in [5, 5.41) is 7.16. The van der Waals surface area contributed by atoms with Crippen LogP contribution in [0.25, 0.3) is 11.3 Å². The van der Waals surface area contributed by atoms with Gasteiger partial charge in [-0.1, -0.05) is 28.9 Å². The van der Waals surface area contributed by atoms with E-state index in [-0.39, 0.29) is 13.1 Å². The van der Waals surface area contributed by atoms with Crippen molar-refractivity contribution in [2.24, 2.45) is 0 Å². The van der Waals surface area contributed by atoms with E-state index in [2.05, 4.69) is 10.5 Å². The van der Waals surface area contributed by atoms with Crippen LogP contribution in [0.3, 0.4) is 0 Å². The minimum absolute atomic E-state index is 0.110. The molecule has 0 fully saturated rings. The molecule has 2 heterocycles. The molecule has 0 aliphatic carbocycles. The molecule has 0 saturated carbocycles. The third-order valence-corrected chi connectivity index (χ3v) is 4.59. The quantitative estimate of drug-likeness (QED) is 0.670. The maximum absolute atomic E-state index is 12.3. The summed E-state index contributed by atoms with van der Waals surface area (Å²) in [5.74, 6) is -0.865. The summed E-state index contributed by atoms with van der Waals surface area (Å²) in [7, 11) is 0. The number of carbonyl (C=O) groups is 3. The highest BCUT2D eigenvalue weighted by molar-refractivity contribution is 6.30. The Balaban J connectivity index is 1.36. The van der Waals surface area contributed by atoms with Gasteiger partial charge in [0.1, 0.15) is 12.2 Å². The van der Waals surface area contributed by atoms with Crippen molar-refractivity contribution in [2.45, 2.75) is 6.54 Å². The van der Waals surface area contributed by atoms with Crippen molar-refractivity contribution in [3.05, 3.63) is 76.4 Å². The number of aromatic nitrogens is 1. The van der Waals surface area contributed by atoms with Gasteiger partial charge in [0.25, 0.3) is 11.8 Å². The number of fused-ring (bicyclic) bond motifs is 1. The number of nitrogens with one attached hydrogen (secondary N) is 1. The largest absolute Gasteiger partial charge is 0.356 e. The van der Waals surface area contributed by atoms with E-state index in [1.165, 1.54) is 0 Å². The van der Waals surface area contributed by atoms with Crippen molar-refractivity contribution in [2.75, 3.05) is 6.54 Å². The van der Waals surface area contributed by atoms with E-state index >= 15 is 0 Å². The molecule has 1 N–H and O–H groups in total. The predicted molar refractivity (Wildman–Crippen MR) is 101 cm³/mol. The monoisotopic (exact) mass is 395 g/mol. The van der Waals surface area contributed by atoms with Gasteiger partial charge in [-0.25, -0.2) is 0 Å². The second-order valence-electron chi connectivity index (χ2n) is 6.21. The molecule has 0 bridgehead atoms. The fourth-order valence-corrected chi connectivity index (χ4v) is 3.04. The van der Waals surface area contributed by atoms with Crippen LogP contribution in [-0.4, -0.2) is 34.3 Å². The zero-order chi connectivity index (χ0) is 19.7. The number of carbonyl (C=O) groups excluding carboxylic acids is 3. The summed E-state index contributed by atoms with van der Waals surface area (Å²) < 4.78 is 5.27. The van der Waals surface area contributed by atoms with E-state index in [0.29, 0.717) is 27.6 Å². The smallest absolute Gasteiger partial charge is 0.262 e. The highest BCUT2D eigenvalue weighted by Gasteiger charge is 2.36. The third kappa shape index (κ3) is 3.39. The van der Waals surface area contributed by atoms with Crippen LogP contribution in [0.2, 0.25) is 5.02 Å². The van der Waals surface area contributed by atoms with E-state index in [1.807, 2.05) is 0 Å². The summed E-state index contributed by atoms with van der Waals surface area (Å²) in [6.07, 6.45) is 0. The van der Waals surface area contributed by atoms with Crippen LogP contribution in [0.15, 0.2) is 59.1 Å². The molecule has 2 aromatic carbocycles. The first-order valence-corrected chi connectivity index (χ1v) is 8.84. The van der Waals surface area contributed by atoms with Crippen molar-refractivity contribution >= 4 is 29.3 Å². The lowest BCUT2D eigenvalue weighted by molar-refractivity contribution is -0.121. The second kappa shape index (κ2) is 7.28. The first kappa shape index (κ1) is 17.9. The van der Waals surface area contributed by atoms with Crippen molar-refractivity contribution in [3.8, 4) is 11.3 Å². The highest BCUT2D eigenvalue weighted by Crippen LogP contribution is 2.23. The third-order valence-electron chi connectivity index (χ3n) is 4.33. The molecule has 8 heteroatoms. The Hall–Kier alpha value is -3.45. The molecule has 28 heavy (non-hydrogen) atoms. The summed E-state index contributed by atoms with van der Waals surface area (Å²) in [6, 6.07) is 15.3. The fraction of sp³-hybridized carbons (Fsp3) is 0.100. The molecule has 1 aliphatic heterocycles. The van der Waals surface area contributed by atoms with Crippen molar-refractivity contribution < 1.29 is 18.9 Å². The first-order valence-electron chi connectivity index (χ1n) is 8.46. The van der Waals surface area contributed by atoms with Gasteiger partial charge in [-0.3, -0.25) is 19.3 Å². The molecule has 7 nitrogen and oxygen atoms in total. The summed E-state index contributed by atoms with van der Waals surface area (Å²) in [6.45, 7) is -0.243. The van der Waals surface area contributed by atoms with Gasteiger partial charge in [0.2, 0.25) is 5.91 Å². The lowest BCUT2D eigenvalue weighted by Gasteiger charge is -2.13. The number of amides is 3. The van der Waals surface area contributed by atoms with Crippen LogP contribution in [0.4, 0.5) is 0 Å². The average Bonchev–Trinajstić information content (AvgIpc) is 3.27. The van der Waals surface area contributed by atoms with Crippen LogP contribution in [0.1, 0.15) is 26.4 Å². The van der Waals surface area contributed by atoms with Crippen molar-refractivity contribution in [3.63, 3.8) is 0 Å². The normalized spacial score (nSPS) is 13.0. The van der Waals surface area contributed by atoms with E-state index in [1.54, 1.807) is 54.6 Å². The highest BCUT2D eigenvalue weighted by atomic mass is 35.5. The molecule has 3 amide bonds. The van der Waals surface area contributed by atoms with Crippen LogP contribution >= 0.6 is 11.6 Å². The van der Waals surface area contributed by atoms with Gasteiger partial charge in [0, 0.05) is 16.7 Å². The van der Waals surface area contributed by atoms with Crippen LogP contribution in [0.5, 0.6) is 0 Å². The Morgan fingerprint density at radius 3 is 2.32 bits per heavy atom. The minimum atomic E-state index is -0.470. The Bertz CT molecular complexity index is 1040. The molecule has 0 radical (unpaired) electrons. The molecule has 3 aromatic rings. The molecule has 0 spiro atoms. The first-order chi connectivity index (χ1) is 13.5. The number of imide groups is 1. The van der Waals surface area contributed by atoms with Gasteiger partial charge >= 0.3 is 0 Å². The van der Waals surface area contributed by atoms with Gasteiger partial charge in [-0.05, 0) is 36.4 Å². The molecule has 0 unspecified atom stereocenters. The molecular formula is C20H14ClN3O4. The SMILES string of the molecule is O=C(CN1C(=O)c2ccccc2C1=O)NCc1cc(-c2ccc(Cl)cc2)on1. The number of rotatable bonds is 5. The average molecular weight is 396 g/mol. The van der Waals surface area contributed by atoms with Gasteiger partial charge in [0.05, 0.1) is 17.7 Å². The van der Waals surface area contributed by atoms with Crippen molar-refractivity contribution in [1.29, 1.82) is 0 Å². The molecule has 4 rings (SSSR count). The summed E-state index contributed by atoms with van der Waals surface area (Å²) in [4.78, 5) is 37.7. The van der Waals surface area contributed by atoms with Crippen LogP contribution in [0, 0.1) is 0 Å². The van der Waals surface area contributed by atoms with Gasteiger partial charge in [0.15, 0.2) is 5.76 Å². The predicted octanol–water partition coefficient (Wildman–Crippen LogP) is 2.91. The van der Waals surface area contributed by atoms with Crippen LogP contribution < -0.4 is 5.32 Å². The molecular weight excluding hydrogens is 382 g/mol. The zero-order valence-electron chi connectivity index (χ0n) is 14.5. The number of halogens is 1. The molecule has 1 aliphatic rings. The van der Waals surface area contributed by atoms with Gasteiger partial charge < -0.3 is 9.84 Å². The fourth-order valence-electron chi connectivity index (χ4n) is 2.92. The number of nitrogens with zero attached hydrogens (tertiary/aromatic N) is 2. The molecule has 140 valence electrons. The Morgan fingerprint density at radius 2 is 1.68 bits per heavy atom. The van der Waals surface area contributed by atoms with E-state index in [4.69, 9.17) is 16.1 Å². The molecule has 0 atom stereocenters. The summed E-state index contributed by atoms with van der Waals surface area (Å²) >= 11 is 5.86. The molecule has 1 aromatic heterocycles. The number of hydrogen-bond acceptors (Lipinski definition) is 5. The minimum Gasteiger partial charge on any atom is -0.356 e.